The Balaban J connectivity index is 1.59. The van der Waals surface area contributed by atoms with Gasteiger partial charge in [0.15, 0.2) is 0 Å². The summed E-state index contributed by atoms with van der Waals surface area (Å²) in [5.74, 6) is 0.670. The summed E-state index contributed by atoms with van der Waals surface area (Å²) >= 11 is 0. The molecule has 1 fully saturated rings. The predicted molar refractivity (Wildman–Crippen MR) is 97.1 cm³/mol. The zero-order valence-electron chi connectivity index (χ0n) is 14.3. The molecule has 0 spiro atoms. The van der Waals surface area contributed by atoms with Gasteiger partial charge in [-0.25, -0.2) is 16.3 Å². The molecule has 0 aromatic heterocycles. The van der Waals surface area contributed by atoms with Gasteiger partial charge in [-0.2, -0.15) is 5.10 Å². The fraction of sp³-hybridized carbons (Fsp3) is 0.263. The van der Waals surface area contributed by atoms with Crippen LogP contribution in [0.5, 0.6) is 5.75 Å². The molecule has 3 atom stereocenters. The van der Waals surface area contributed by atoms with Crippen LogP contribution in [0.3, 0.4) is 0 Å². The van der Waals surface area contributed by atoms with Crippen LogP contribution in [-0.2, 0) is 4.79 Å². The number of nitrogens with one attached hydrogen (secondary N) is 3. The van der Waals surface area contributed by atoms with Crippen LogP contribution in [0, 0.1) is 5.92 Å². The number of benzene rings is 2. The maximum atomic E-state index is 12.4. The molecule has 6 heteroatoms. The van der Waals surface area contributed by atoms with Crippen molar-refractivity contribution in [3.8, 4) is 5.75 Å². The first-order chi connectivity index (χ1) is 12.2. The van der Waals surface area contributed by atoms with Gasteiger partial charge in [-0.3, -0.25) is 4.79 Å². The third kappa shape index (κ3) is 4.04. The lowest BCUT2D eigenvalue weighted by molar-refractivity contribution is -0.123. The lowest BCUT2D eigenvalue weighted by Gasteiger charge is -2.17. The van der Waals surface area contributed by atoms with Crippen LogP contribution in [0.4, 0.5) is 0 Å². The van der Waals surface area contributed by atoms with Crippen molar-refractivity contribution in [2.24, 2.45) is 11.0 Å². The Kier molecular flexibility index (Phi) is 5.42. The molecule has 6 nitrogen and oxygen atoms in total. The van der Waals surface area contributed by atoms with Gasteiger partial charge in [0.25, 0.3) is 5.91 Å². The Morgan fingerprint density at radius 3 is 2.72 bits per heavy atom. The molecule has 1 saturated heterocycles. The molecule has 2 aromatic carbocycles. The predicted octanol–water partition coefficient (Wildman–Crippen LogP) is 2.00. The second-order valence-electron chi connectivity index (χ2n) is 6.02. The van der Waals surface area contributed by atoms with Gasteiger partial charge in [0.1, 0.15) is 11.8 Å². The van der Waals surface area contributed by atoms with E-state index in [0.29, 0.717) is 0 Å². The molecule has 0 bridgehead atoms. The van der Waals surface area contributed by atoms with Crippen LogP contribution in [0.2, 0.25) is 0 Å². The number of rotatable bonds is 5. The molecule has 3 rings (SSSR count). The van der Waals surface area contributed by atoms with Gasteiger partial charge in [-0.15, -0.1) is 0 Å². The largest absolute Gasteiger partial charge is 0.497 e. The first-order valence-electron chi connectivity index (χ1n) is 8.22. The van der Waals surface area contributed by atoms with Crippen molar-refractivity contribution < 1.29 is 9.53 Å². The third-order valence-electron chi connectivity index (χ3n) is 4.37. The van der Waals surface area contributed by atoms with Gasteiger partial charge in [0.05, 0.1) is 19.4 Å². The minimum Gasteiger partial charge on any atom is -0.497 e. The van der Waals surface area contributed by atoms with Crippen molar-refractivity contribution in [3.63, 3.8) is 0 Å². The maximum Gasteiger partial charge on any atom is 0.258 e. The van der Waals surface area contributed by atoms with E-state index in [-0.39, 0.29) is 23.9 Å². The Morgan fingerprint density at radius 1 is 1.16 bits per heavy atom. The average Bonchev–Trinajstić information content (AvgIpc) is 3.04. The topological polar surface area (TPSA) is 74.8 Å². The molecule has 1 aliphatic rings. The lowest BCUT2D eigenvalue weighted by atomic mass is 9.91. The zero-order valence-corrected chi connectivity index (χ0v) is 14.3. The van der Waals surface area contributed by atoms with Crippen molar-refractivity contribution in [1.29, 1.82) is 0 Å². The zero-order chi connectivity index (χ0) is 17.6. The van der Waals surface area contributed by atoms with E-state index in [2.05, 4.69) is 33.5 Å². The fourth-order valence-electron chi connectivity index (χ4n) is 2.95. The Hall–Kier alpha value is -2.70. The van der Waals surface area contributed by atoms with E-state index in [1.807, 2.05) is 49.4 Å². The van der Waals surface area contributed by atoms with Gasteiger partial charge < -0.3 is 4.74 Å². The van der Waals surface area contributed by atoms with Crippen LogP contribution in [-0.4, -0.2) is 25.3 Å². The van der Waals surface area contributed by atoms with Gasteiger partial charge >= 0.3 is 0 Å². The molecule has 2 aromatic rings. The summed E-state index contributed by atoms with van der Waals surface area (Å²) in [5, 5.41) is 4.05. The molecule has 1 aliphatic heterocycles. The van der Waals surface area contributed by atoms with Crippen molar-refractivity contribution in [1.82, 2.24) is 16.3 Å². The normalized spacial score (nSPS) is 22.9. The second kappa shape index (κ2) is 7.92. The van der Waals surface area contributed by atoms with Crippen molar-refractivity contribution in [3.05, 3.63) is 65.7 Å². The molecule has 130 valence electrons. The number of nitrogens with zero attached hydrogens (tertiary/aromatic N) is 1. The van der Waals surface area contributed by atoms with E-state index in [4.69, 9.17) is 4.74 Å². The van der Waals surface area contributed by atoms with Crippen molar-refractivity contribution in [2.45, 2.75) is 19.0 Å². The van der Waals surface area contributed by atoms with Crippen LogP contribution in [0.25, 0.3) is 0 Å². The fourth-order valence-corrected chi connectivity index (χ4v) is 2.95. The summed E-state index contributed by atoms with van der Waals surface area (Å²) in [5.41, 5.74) is 10.9. The quantitative estimate of drug-likeness (QED) is 0.576. The first kappa shape index (κ1) is 17.1. The van der Waals surface area contributed by atoms with E-state index in [9.17, 15) is 4.79 Å². The monoisotopic (exact) mass is 338 g/mol. The highest BCUT2D eigenvalue weighted by molar-refractivity contribution is 5.85. The molecule has 3 unspecified atom stereocenters. The van der Waals surface area contributed by atoms with Gasteiger partial charge in [-0.05, 0) is 23.3 Å². The summed E-state index contributed by atoms with van der Waals surface area (Å²) < 4.78 is 5.16. The maximum absolute atomic E-state index is 12.4. The van der Waals surface area contributed by atoms with E-state index < -0.39 is 0 Å². The Bertz CT molecular complexity index is 748. The number of carbonyl (C=O) groups is 1. The molecule has 1 amide bonds. The highest BCUT2D eigenvalue weighted by Gasteiger charge is 2.37. The first-order valence-corrected chi connectivity index (χ1v) is 8.22. The summed E-state index contributed by atoms with van der Waals surface area (Å²) in [6.45, 7) is 2.04. The minimum atomic E-state index is -0.354. The standard InChI is InChI=1S/C19H22N4O2/c1-13-17(15-8-4-3-5-9-15)21-22-18(13)19(24)23-20-12-14-7-6-10-16(11-14)25-2/h3-13,17-18,21-22H,1-2H3,(H,23,24)/b20-12+. The molecular formula is C19H22N4O2. The number of ether oxygens (including phenoxy) is 1. The molecule has 0 aliphatic carbocycles. The highest BCUT2D eigenvalue weighted by atomic mass is 16.5. The molecule has 0 radical (unpaired) electrons. The van der Waals surface area contributed by atoms with Crippen molar-refractivity contribution >= 4 is 12.1 Å². The number of hydrogen-bond donors (Lipinski definition) is 3. The minimum absolute atomic E-state index is 0.0827. The third-order valence-corrected chi connectivity index (χ3v) is 4.37. The molecular weight excluding hydrogens is 316 g/mol. The van der Waals surface area contributed by atoms with Crippen LogP contribution in [0.15, 0.2) is 59.7 Å². The van der Waals surface area contributed by atoms with E-state index in [0.717, 1.165) is 16.9 Å². The Labute approximate surface area is 147 Å². The summed E-state index contributed by atoms with van der Waals surface area (Å²) in [6.07, 6.45) is 1.60. The number of hydrogen-bond acceptors (Lipinski definition) is 5. The second-order valence-corrected chi connectivity index (χ2v) is 6.02. The van der Waals surface area contributed by atoms with Gasteiger partial charge in [0, 0.05) is 5.92 Å². The molecule has 3 N–H and O–H groups in total. The van der Waals surface area contributed by atoms with Gasteiger partial charge in [0.2, 0.25) is 0 Å². The Morgan fingerprint density at radius 2 is 1.96 bits per heavy atom. The smallest absolute Gasteiger partial charge is 0.258 e. The number of methoxy groups -OCH3 is 1. The highest BCUT2D eigenvalue weighted by Crippen LogP contribution is 2.28. The number of hydrazone groups is 1. The summed E-state index contributed by atoms with van der Waals surface area (Å²) in [6, 6.07) is 17.3. The summed E-state index contributed by atoms with van der Waals surface area (Å²) in [7, 11) is 1.61. The number of carbonyl (C=O) groups excluding carboxylic acids is 1. The molecule has 0 saturated carbocycles. The van der Waals surface area contributed by atoms with Crippen LogP contribution in [0.1, 0.15) is 24.1 Å². The SMILES string of the molecule is COc1cccc(/C=N/NC(=O)C2NNC(c3ccccc3)C2C)c1. The number of hydrazine groups is 1. The van der Waals surface area contributed by atoms with E-state index >= 15 is 0 Å². The molecule has 1 heterocycles. The van der Waals surface area contributed by atoms with E-state index in [1.165, 1.54) is 0 Å². The van der Waals surface area contributed by atoms with Crippen molar-refractivity contribution in [2.75, 3.05) is 7.11 Å². The summed E-state index contributed by atoms with van der Waals surface area (Å²) in [4.78, 5) is 12.4. The van der Waals surface area contributed by atoms with E-state index in [1.54, 1.807) is 13.3 Å². The van der Waals surface area contributed by atoms with Crippen LogP contribution >= 0.6 is 0 Å². The average molecular weight is 338 g/mol. The number of amides is 1. The van der Waals surface area contributed by atoms with Gasteiger partial charge in [-0.1, -0.05) is 49.4 Å². The molecule has 25 heavy (non-hydrogen) atoms. The van der Waals surface area contributed by atoms with Crippen LogP contribution < -0.4 is 21.0 Å². The lowest BCUT2D eigenvalue weighted by Crippen LogP contribution is -2.43.